The summed E-state index contributed by atoms with van der Waals surface area (Å²) in [7, 11) is 0. The van der Waals surface area contributed by atoms with Gasteiger partial charge in [-0.05, 0) is 12.1 Å². The van der Waals surface area contributed by atoms with Gasteiger partial charge in [-0.3, -0.25) is 9.59 Å². The van der Waals surface area contributed by atoms with Crippen LogP contribution in [0, 0.1) is 0 Å². The van der Waals surface area contributed by atoms with Crippen LogP contribution in [0.15, 0.2) is 21.9 Å². The van der Waals surface area contributed by atoms with Gasteiger partial charge >= 0.3 is 0 Å². The molecule has 0 fully saturated rings. The molecule has 0 spiro atoms. The van der Waals surface area contributed by atoms with Crippen LogP contribution in [0.4, 0.5) is 0 Å². The summed E-state index contributed by atoms with van der Waals surface area (Å²) >= 11 is 8.78. The number of carbonyl (C=O) groups excluding carboxylic acids is 2. The van der Waals surface area contributed by atoms with Gasteiger partial charge < -0.3 is 32.7 Å². The maximum atomic E-state index is 12.7. The van der Waals surface area contributed by atoms with E-state index >= 15 is 0 Å². The monoisotopic (exact) mass is 400 g/mol. The summed E-state index contributed by atoms with van der Waals surface area (Å²) in [6, 6.07) is 3.09. The van der Waals surface area contributed by atoms with E-state index in [9.17, 15) is 9.59 Å². The normalized spacial score (nSPS) is 10.7. The third-order valence-corrected chi connectivity index (χ3v) is 4.49. The Bertz CT molecular complexity index is 563. The molecule has 146 valence electrons. The van der Waals surface area contributed by atoms with Gasteiger partial charge in [0.15, 0.2) is 0 Å². The lowest BCUT2D eigenvalue weighted by Crippen LogP contribution is -2.40. The van der Waals surface area contributed by atoms with Crippen LogP contribution in [0.3, 0.4) is 0 Å². The van der Waals surface area contributed by atoms with Gasteiger partial charge in [0.25, 0.3) is 11.8 Å². The fraction of sp³-hybridized carbons (Fsp3) is 0.500. The van der Waals surface area contributed by atoms with Crippen molar-refractivity contribution < 1.29 is 9.59 Å². The second-order valence-corrected chi connectivity index (χ2v) is 6.59. The van der Waals surface area contributed by atoms with Crippen LogP contribution in [0.5, 0.6) is 0 Å². The predicted molar refractivity (Wildman–Crippen MR) is 109 cm³/mol. The van der Waals surface area contributed by atoms with Crippen molar-refractivity contribution in [3.8, 4) is 0 Å². The van der Waals surface area contributed by atoms with Crippen molar-refractivity contribution in [2.24, 2.45) is 22.9 Å². The van der Waals surface area contributed by atoms with E-state index in [0.717, 1.165) is 0 Å². The maximum absolute atomic E-state index is 12.7. The third-order valence-electron chi connectivity index (χ3n) is 3.75. The van der Waals surface area contributed by atoms with E-state index in [4.69, 9.17) is 22.9 Å². The van der Waals surface area contributed by atoms with Crippen molar-refractivity contribution in [1.82, 2.24) is 9.80 Å². The molecule has 0 saturated carbocycles. The Morgan fingerprint density at radius 2 is 0.962 bits per heavy atom. The second kappa shape index (κ2) is 11.4. The molecule has 26 heavy (non-hydrogen) atoms. The molecule has 8 nitrogen and oxygen atoms in total. The van der Waals surface area contributed by atoms with Gasteiger partial charge in [0.05, 0.1) is 11.1 Å². The number of hydrogen-bond donors (Lipinski definition) is 6. The Morgan fingerprint density at radius 1 is 0.692 bits per heavy atom. The molecule has 0 aliphatic carbocycles. The van der Waals surface area contributed by atoms with Crippen LogP contribution in [0.1, 0.15) is 20.7 Å². The predicted octanol–water partition coefficient (Wildman–Crippen LogP) is -1.02. The zero-order valence-corrected chi connectivity index (χ0v) is 16.5. The molecule has 8 N–H and O–H groups in total. The molecule has 0 aliphatic heterocycles. The molecule has 0 heterocycles. The molecule has 1 rings (SSSR count). The molecule has 0 aromatic heterocycles. The highest BCUT2D eigenvalue weighted by Gasteiger charge is 2.22. The quantitative estimate of drug-likeness (QED) is 0.277. The lowest BCUT2D eigenvalue weighted by atomic mass is 10.1. The first kappa shape index (κ1) is 22.7. The number of carbonyl (C=O) groups is 2. The van der Waals surface area contributed by atoms with Gasteiger partial charge in [-0.25, -0.2) is 0 Å². The average Bonchev–Trinajstić information content (AvgIpc) is 2.61. The first-order valence-corrected chi connectivity index (χ1v) is 9.25. The van der Waals surface area contributed by atoms with Crippen LogP contribution in [-0.2, 0) is 0 Å². The van der Waals surface area contributed by atoms with Gasteiger partial charge in [-0.1, -0.05) is 0 Å². The number of amides is 2. The molecule has 10 heteroatoms. The van der Waals surface area contributed by atoms with Crippen molar-refractivity contribution >= 4 is 37.1 Å². The van der Waals surface area contributed by atoms with Crippen molar-refractivity contribution in [2.45, 2.75) is 9.79 Å². The smallest absolute Gasteiger partial charge is 0.255 e. The molecular formula is C16H28N6O2S2. The van der Waals surface area contributed by atoms with Gasteiger partial charge in [-0.15, -0.1) is 25.3 Å². The number of nitrogens with two attached hydrogens (primary N) is 4. The zero-order chi connectivity index (χ0) is 19.7. The van der Waals surface area contributed by atoms with Crippen LogP contribution < -0.4 is 22.9 Å². The number of nitrogens with zero attached hydrogens (tertiary/aromatic N) is 2. The van der Waals surface area contributed by atoms with E-state index in [1.165, 1.54) is 0 Å². The fourth-order valence-electron chi connectivity index (χ4n) is 2.51. The van der Waals surface area contributed by atoms with E-state index in [-0.39, 0.29) is 11.8 Å². The summed E-state index contributed by atoms with van der Waals surface area (Å²) in [5.74, 6) is -0.498. The number of thiol groups is 2. The summed E-state index contributed by atoms with van der Waals surface area (Å²) in [6.45, 7) is 2.82. The molecule has 1 aromatic rings. The van der Waals surface area contributed by atoms with E-state index in [2.05, 4.69) is 25.3 Å². The number of rotatable bonds is 10. The van der Waals surface area contributed by atoms with E-state index in [0.29, 0.717) is 73.3 Å². The molecule has 0 atom stereocenters. The van der Waals surface area contributed by atoms with Crippen molar-refractivity contribution in [1.29, 1.82) is 0 Å². The van der Waals surface area contributed by atoms with Gasteiger partial charge in [0, 0.05) is 62.1 Å². The standard InChI is InChI=1S/C16H28N6O2S2/c17-1-5-21(6-2-18)15(23)11-9-14(26)12(10-13(11)25)16(24)22(7-3-19)8-4-20/h9-10,25-26H,1-8,17-20H2. The molecule has 0 aliphatic rings. The Balaban J connectivity index is 3.17. The lowest BCUT2D eigenvalue weighted by Gasteiger charge is -2.24. The Morgan fingerprint density at radius 3 is 1.19 bits per heavy atom. The molecule has 2 amide bonds. The number of benzene rings is 1. The largest absolute Gasteiger partial charge is 0.336 e. The van der Waals surface area contributed by atoms with E-state index < -0.39 is 0 Å². The Hall–Kier alpha value is -1.30. The minimum atomic E-state index is -0.249. The summed E-state index contributed by atoms with van der Waals surface area (Å²) in [5.41, 5.74) is 22.9. The van der Waals surface area contributed by atoms with Crippen molar-refractivity contribution in [3.05, 3.63) is 23.3 Å². The first-order valence-electron chi connectivity index (χ1n) is 8.36. The van der Waals surface area contributed by atoms with Crippen molar-refractivity contribution in [3.63, 3.8) is 0 Å². The minimum absolute atomic E-state index is 0.249. The molecule has 0 radical (unpaired) electrons. The second-order valence-electron chi connectivity index (χ2n) is 5.63. The molecule has 0 saturated heterocycles. The van der Waals surface area contributed by atoms with Gasteiger partial charge in [0.1, 0.15) is 0 Å². The highest BCUT2D eigenvalue weighted by atomic mass is 32.1. The van der Waals surface area contributed by atoms with Gasteiger partial charge in [-0.2, -0.15) is 0 Å². The summed E-state index contributed by atoms with van der Waals surface area (Å²) in [6.07, 6.45) is 0. The molecule has 0 unspecified atom stereocenters. The topological polar surface area (TPSA) is 145 Å². The summed E-state index contributed by atoms with van der Waals surface area (Å²) < 4.78 is 0. The third kappa shape index (κ3) is 5.86. The first-order chi connectivity index (χ1) is 12.4. The maximum Gasteiger partial charge on any atom is 0.255 e. The highest BCUT2D eigenvalue weighted by Crippen LogP contribution is 2.25. The number of hydrogen-bond acceptors (Lipinski definition) is 8. The van der Waals surface area contributed by atoms with Crippen LogP contribution in [-0.4, -0.2) is 74.0 Å². The van der Waals surface area contributed by atoms with Crippen LogP contribution >= 0.6 is 25.3 Å². The van der Waals surface area contributed by atoms with E-state index in [1.807, 2.05) is 0 Å². The van der Waals surface area contributed by atoms with Crippen LogP contribution in [0.25, 0.3) is 0 Å². The molecule has 0 bridgehead atoms. The molecule has 1 aromatic carbocycles. The minimum Gasteiger partial charge on any atom is -0.336 e. The van der Waals surface area contributed by atoms with E-state index in [1.54, 1.807) is 21.9 Å². The summed E-state index contributed by atoms with van der Waals surface area (Å²) in [4.78, 5) is 29.3. The summed E-state index contributed by atoms with van der Waals surface area (Å²) in [5, 5.41) is 0. The SMILES string of the molecule is NCCN(CCN)C(=O)c1cc(S)c(C(=O)N(CCN)CCN)cc1S. The highest BCUT2D eigenvalue weighted by molar-refractivity contribution is 7.80. The fourth-order valence-corrected chi connectivity index (χ4v) is 3.09. The van der Waals surface area contributed by atoms with Crippen molar-refractivity contribution in [2.75, 3.05) is 52.4 Å². The molecular weight excluding hydrogens is 372 g/mol. The lowest BCUT2D eigenvalue weighted by molar-refractivity contribution is 0.0747. The van der Waals surface area contributed by atoms with Crippen LogP contribution in [0.2, 0.25) is 0 Å². The Labute approximate surface area is 165 Å². The average molecular weight is 401 g/mol. The Kier molecular flexibility index (Phi) is 9.99. The zero-order valence-electron chi connectivity index (χ0n) is 14.7. The van der Waals surface area contributed by atoms with Gasteiger partial charge in [0.2, 0.25) is 0 Å².